The van der Waals surface area contributed by atoms with Gasteiger partial charge in [-0.2, -0.15) is 0 Å². The van der Waals surface area contributed by atoms with Crippen molar-refractivity contribution in [1.82, 2.24) is 31.1 Å². The summed E-state index contributed by atoms with van der Waals surface area (Å²) in [5, 5.41) is 15.4. The van der Waals surface area contributed by atoms with E-state index in [4.69, 9.17) is 0 Å². The summed E-state index contributed by atoms with van der Waals surface area (Å²) in [7, 11) is 0. The molecule has 5 rings (SSSR count). The molecule has 1 saturated carbocycles. The van der Waals surface area contributed by atoms with Crippen LogP contribution in [0.15, 0.2) is 0 Å². The average molecular weight is 531 g/mol. The largest absolute Gasteiger partial charge is 0.313 e. The highest BCUT2D eigenvalue weighted by Gasteiger charge is 2.29. The van der Waals surface area contributed by atoms with Gasteiger partial charge in [-0.3, -0.25) is 9.80 Å². The van der Waals surface area contributed by atoms with Crippen LogP contribution in [-0.4, -0.2) is 99.4 Å². The van der Waals surface area contributed by atoms with E-state index in [2.05, 4.69) is 31.1 Å². The zero-order chi connectivity index (χ0) is 25.8. The Balaban J connectivity index is 1.15. The van der Waals surface area contributed by atoms with Gasteiger partial charge in [0.25, 0.3) is 0 Å². The first-order valence-electron chi connectivity index (χ1n) is 17.2. The van der Waals surface area contributed by atoms with Crippen LogP contribution in [0.4, 0.5) is 0 Å². The average Bonchev–Trinajstić information content (AvgIpc) is 2.95. The number of rotatable bonds is 12. The van der Waals surface area contributed by atoms with Gasteiger partial charge in [0.05, 0.1) is 0 Å². The Labute approximate surface area is 235 Å². The highest BCUT2D eigenvalue weighted by molar-refractivity contribution is 4.87. The van der Waals surface area contributed by atoms with E-state index < -0.39 is 0 Å². The van der Waals surface area contributed by atoms with Gasteiger partial charge in [-0.1, -0.05) is 32.1 Å². The molecule has 220 valence electrons. The molecular weight excluding hydrogens is 468 g/mol. The van der Waals surface area contributed by atoms with Crippen molar-refractivity contribution in [2.75, 3.05) is 65.4 Å². The lowest BCUT2D eigenvalue weighted by molar-refractivity contribution is 0.112. The molecule has 6 atom stereocenters. The summed E-state index contributed by atoms with van der Waals surface area (Å²) in [4.78, 5) is 5.80. The monoisotopic (exact) mass is 531 g/mol. The van der Waals surface area contributed by atoms with Gasteiger partial charge in [0.2, 0.25) is 0 Å². The van der Waals surface area contributed by atoms with Crippen molar-refractivity contribution >= 4 is 0 Å². The second-order valence-corrected chi connectivity index (χ2v) is 13.9. The van der Waals surface area contributed by atoms with Gasteiger partial charge in [-0.05, 0) is 109 Å². The van der Waals surface area contributed by atoms with Gasteiger partial charge in [-0.15, -0.1) is 0 Å². The van der Waals surface area contributed by atoms with Crippen LogP contribution in [0, 0.1) is 11.8 Å². The van der Waals surface area contributed by atoms with Crippen LogP contribution in [0.1, 0.15) is 103 Å². The molecule has 0 spiro atoms. The first-order chi connectivity index (χ1) is 18.8. The third-order valence-electron chi connectivity index (χ3n) is 10.5. The maximum Gasteiger partial charge on any atom is 0.0195 e. The molecule has 4 saturated heterocycles. The maximum atomic E-state index is 3.86. The van der Waals surface area contributed by atoms with Crippen molar-refractivity contribution in [2.24, 2.45) is 11.8 Å². The molecule has 0 aromatic heterocycles. The first-order valence-corrected chi connectivity index (χ1v) is 17.2. The van der Waals surface area contributed by atoms with Crippen LogP contribution in [0.25, 0.3) is 0 Å². The summed E-state index contributed by atoms with van der Waals surface area (Å²) < 4.78 is 0. The molecule has 1 aliphatic carbocycles. The van der Waals surface area contributed by atoms with Gasteiger partial charge >= 0.3 is 0 Å². The Morgan fingerprint density at radius 1 is 0.368 bits per heavy atom. The van der Waals surface area contributed by atoms with Crippen molar-refractivity contribution in [3.63, 3.8) is 0 Å². The second kappa shape index (κ2) is 16.3. The SMILES string of the molecule is C1CCC(CN(CC2CCCC(CN(CC3CCCCN3)CC3CCCCN3)C2)CC2CCCCN2)NC1. The number of hydrogen-bond donors (Lipinski definition) is 4. The van der Waals surface area contributed by atoms with Crippen molar-refractivity contribution in [2.45, 2.75) is 127 Å². The molecule has 6 nitrogen and oxygen atoms in total. The van der Waals surface area contributed by atoms with E-state index in [0.29, 0.717) is 24.2 Å². The molecule has 5 aliphatic rings. The standard InChI is InChI=1S/C32H62N6/c1-5-16-33-29(12-1)23-37(24-30-13-2-6-17-34-30)21-27-10-9-11-28(20-27)22-38(25-31-14-3-7-18-35-31)26-32-15-4-8-19-36-32/h27-36H,1-26H2. The van der Waals surface area contributed by atoms with Crippen molar-refractivity contribution < 1.29 is 0 Å². The van der Waals surface area contributed by atoms with Crippen molar-refractivity contribution in [1.29, 1.82) is 0 Å². The van der Waals surface area contributed by atoms with Crippen LogP contribution in [0.5, 0.6) is 0 Å². The summed E-state index contributed by atoms with van der Waals surface area (Å²) in [5.41, 5.74) is 0. The molecular formula is C32H62N6. The number of piperidine rings is 4. The molecule has 0 bridgehead atoms. The lowest BCUT2D eigenvalue weighted by atomic mass is 9.80. The minimum atomic E-state index is 0.716. The highest BCUT2D eigenvalue weighted by Crippen LogP contribution is 2.31. The van der Waals surface area contributed by atoms with E-state index in [-0.39, 0.29) is 0 Å². The molecule has 0 aromatic rings. The highest BCUT2D eigenvalue weighted by atomic mass is 15.2. The maximum absolute atomic E-state index is 3.86. The Morgan fingerprint density at radius 3 is 1.00 bits per heavy atom. The first kappa shape index (κ1) is 29.3. The van der Waals surface area contributed by atoms with Crippen molar-refractivity contribution in [3.8, 4) is 0 Å². The smallest absolute Gasteiger partial charge is 0.0195 e. The van der Waals surface area contributed by atoms with Crippen LogP contribution in [0.2, 0.25) is 0 Å². The van der Waals surface area contributed by atoms with E-state index in [1.807, 2.05) is 0 Å². The van der Waals surface area contributed by atoms with Crippen LogP contribution in [0.3, 0.4) is 0 Å². The summed E-state index contributed by atoms with van der Waals surface area (Å²) in [5.74, 6) is 1.78. The topological polar surface area (TPSA) is 54.6 Å². The minimum Gasteiger partial charge on any atom is -0.313 e. The predicted octanol–water partition coefficient (Wildman–Crippen LogP) is 3.97. The molecule has 4 N–H and O–H groups in total. The zero-order valence-corrected chi connectivity index (χ0v) is 24.7. The molecule has 38 heavy (non-hydrogen) atoms. The molecule has 4 heterocycles. The van der Waals surface area contributed by atoms with E-state index in [9.17, 15) is 0 Å². The Hall–Kier alpha value is -0.240. The van der Waals surface area contributed by atoms with Gasteiger partial charge in [0.1, 0.15) is 0 Å². The number of hydrogen-bond acceptors (Lipinski definition) is 6. The van der Waals surface area contributed by atoms with E-state index in [1.165, 1.54) is 168 Å². The predicted molar refractivity (Wildman–Crippen MR) is 161 cm³/mol. The molecule has 6 unspecified atom stereocenters. The van der Waals surface area contributed by atoms with Gasteiger partial charge in [0, 0.05) is 63.4 Å². The van der Waals surface area contributed by atoms with E-state index in [1.54, 1.807) is 0 Å². The van der Waals surface area contributed by atoms with Crippen LogP contribution >= 0.6 is 0 Å². The summed E-state index contributed by atoms with van der Waals surface area (Å²) in [6.07, 6.45) is 22.5. The molecule has 4 aliphatic heterocycles. The molecule has 0 aromatic carbocycles. The summed E-state index contributed by atoms with van der Waals surface area (Å²) >= 11 is 0. The normalized spacial score (nSPS) is 35.5. The zero-order valence-electron chi connectivity index (χ0n) is 24.7. The fourth-order valence-corrected chi connectivity index (χ4v) is 8.48. The third kappa shape index (κ3) is 9.99. The molecule has 6 heteroatoms. The Bertz CT molecular complexity index is 529. The molecule has 0 amide bonds. The quantitative estimate of drug-likeness (QED) is 0.306. The fraction of sp³-hybridized carbons (Fsp3) is 1.00. The third-order valence-corrected chi connectivity index (χ3v) is 10.5. The van der Waals surface area contributed by atoms with Crippen molar-refractivity contribution in [3.05, 3.63) is 0 Å². The molecule has 0 radical (unpaired) electrons. The second-order valence-electron chi connectivity index (χ2n) is 13.9. The lowest BCUT2D eigenvalue weighted by Gasteiger charge is -2.40. The van der Waals surface area contributed by atoms with Gasteiger partial charge < -0.3 is 21.3 Å². The van der Waals surface area contributed by atoms with Gasteiger partial charge in [-0.25, -0.2) is 0 Å². The summed E-state index contributed by atoms with van der Waals surface area (Å²) in [6, 6.07) is 2.86. The summed E-state index contributed by atoms with van der Waals surface area (Å²) in [6.45, 7) is 12.7. The van der Waals surface area contributed by atoms with Crippen LogP contribution < -0.4 is 21.3 Å². The minimum absolute atomic E-state index is 0.716. The Morgan fingerprint density at radius 2 is 0.711 bits per heavy atom. The molecule has 5 fully saturated rings. The van der Waals surface area contributed by atoms with E-state index in [0.717, 1.165) is 11.8 Å². The lowest BCUT2D eigenvalue weighted by Crippen LogP contribution is -2.51. The van der Waals surface area contributed by atoms with Gasteiger partial charge in [0.15, 0.2) is 0 Å². The number of nitrogens with zero attached hydrogens (tertiary/aromatic N) is 2. The number of nitrogens with one attached hydrogen (secondary N) is 4. The fourth-order valence-electron chi connectivity index (χ4n) is 8.48. The Kier molecular flexibility index (Phi) is 12.5. The van der Waals surface area contributed by atoms with E-state index >= 15 is 0 Å². The van der Waals surface area contributed by atoms with Crippen LogP contribution in [-0.2, 0) is 0 Å².